The molecule has 0 saturated carbocycles. The smallest absolute Gasteiger partial charge is 0.174 e. The Bertz CT molecular complexity index is 567. The fraction of sp³-hybridized carbons (Fsp3) is 0.357. The fourth-order valence-corrected chi connectivity index (χ4v) is 2.59. The van der Waals surface area contributed by atoms with E-state index in [0.29, 0.717) is 12.4 Å². The summed E-state index contributed by atoms with van der Waals surface area (Å²) in [5.41, 5.74) is 1.00. The summed E-state index contributed by atoms with van der Waals surface area (Å²) in [6.07, 6.45) is 3.77. The van der Waals surface area contributed by atoms with E-state index in [9.17, 15) is 0 Å². The predicted molar refractivity (Wildman–Crippen MR) is 78.8 cm³/mol. The lowest BCUT2D eigenvalue weighted by atomic mass is 10.2. The third-order valence-corrected chi connectivity index (χ3v) is 3.42. The van der Waals surface area contributed by atoms with E-state index in [4.69, 9.17) is 9.47 Å². The van der Waals surface area contributed by atoms with Crippen LogP contribution in [0, 0.1) is 0 Å². The highest BCUT2D eigenvalue weighted by Crippen LogP contribution is 2.39. The minimum absolute atomic E-state index is 0.592. The largest absolute Gasteiger partial charge is 0.492 e. The van der Waals surface area contributed by atoms with Gasteiger partial charge in [0.25, 0.3) is 0 Å². The molecule has 0 bridgehead atoms. The molecule has 0 N–H and O–H groups in total. The van der Waals surface area contributed by atoms with Crippen LogP contribution in [-0.2, 0) is 6.54 Å². The van der Waals surface area contributed by atoms with Crippen molar-refractivity contribution in [1.82, 2.24) is 9.55 Å². The summed E-state index contributed by atoms with van der Waals surface area (Å²) in [7, 11) is 1.63. The van der Waals surface area contributed by atoms with Gasteiger partial charge in [0.15, 0.2) is 11.5 Å². The number of hydrogen-bond donors (Lipinski definition) is 0. The van der Waals surface area contributed by atoms with Crippen LogP contribution in [0.2, 0.25) is 0 Å². The molecule has 0 atom stereocenters. The van der Waals surface area contributed by atoms with Crippen molar-refractivity contribution < 1.29 is 9.47 Å². The topological polar surface area (TPSA) is 36.3 Å². The zero-order valence-electron chi connectivity index (χ0n) is 11.3. The number of methoxy groups -OCH3 is 1. The van der Waals surface area contributed by atoms with Gasteiger partial charge in [-0.2, -0.15) is 0 Å². The first-order valence-corrected chi connectivity index (χ1v) is 7.02. The van der Waals surface area contributed by atoms with Crippen LogP contribution in [0.25, 0.3) is 11.4 Å². The third-order valence-electron chi connectivity index (χ3n) is 2.83. The van der Waals surface area contributed by atoms with Crippen LogP contribution in [-0.4, -0.2) is 23.3 Å². The Morgan fingerprint density at radius 1 is 1.32 bits per heavy atom. The molecule has 1 aromatic carbocycles. The van der Waals surface area contributed by atoms with Crippen LogP contribution < -0.4 is 9.47 Å². The quantitative estimate of drug-likeness (QED) is 0.840. The van der Waals surface area contributed by atoms with Crippen molar-refractivity contribution in [3.8, 4) is 22.9 Å². The Hall–Kier alpha value is -1.49. The van der Waals surface area contributed by atoms with Crippen LogP contribution >= 0.6 is 15.9 Å². The van der Waals surface area contributed by atoms with E-state index in [2.05, 4.69) is 32.4 Å². The molecule has 0 saturated heterocycles. The summed E-state index contributed by atoms with van der Waals surface area (Å²) >= 11 is 3.52. The van der Waals surface area contributed by atoms with Crippen molar-refractivity contribution >= 4 is 15.9 Å². The van der Waals surface area contributed by atoms with Gasteiger partial charge in [-0.15, -0.1) is 0 Å². The highest BCUT2D eigenvalue weighted by Gasteiger charge is 2.14. The Labute approximate surface area is 121 Å². The van der Waals surface area contributed by atoms with E-state index in [0.717, 1.165) is 28.2 Å². The van der Waals surface area contributed by atoms with Gasteiger partial charge in [-0.1, -0.05) is 0 Å². The summed E-state index contributed by atoms with van der Waals surface area (Å²) in [5, 5.41) is 0. The van der Waals surface area contributed by atoms with Gasteiger partial charge in [0, 0.05) is 24.5 Å². The fourth-order valence-electron chi connectivity index (χ4n) is 1.98. The minimum Gasteiger partial charge on any atom is -0.492 e. The molecule has 2 rings (SSSR count). The van der Waals surface area contributed by atoms with Gasteiger partial charge in [0.2, 0.25) is 0 Å². The number of nitrogens with zero attached hydrogens (tertiary/aromatic N) is 2. The second-order valence-electron chi connectivity index (χ2n) is 3.96. The number of halogens is 1. The first-order valence-electron chi connectivity index (χ1n) is 6.23. The summed E-state index contributed by atoms with van der Waals surface area (Å²) in [4.78, 5) is 4.40. The van der Waals surface area contributed by atoms with Gasteiger partial charge in [-0.3, -0.25) is 0 Å². The van der Waals surface area contributed by atoms with Crippen LogP contribution in [0.15, 0.2) is 29.0 Å². The molecule has 19 heavy (non-hydrogen) atoms. The van der Waals surface area contributed by atoms with E-state index in [-0.39, 0.29) is 0 Å². The van der Waals surface area contributed by atoms with E-state index < -0.39 is 0 Å². The lowest BCUT2D eigenvalue weighted by Gasteiger charge is -2.13. The monoisotopic (exact) mass is 324 g/mol. The van der Waals surface area contributed by atoms with Crippen LogP contribution in [0.4, 0.5) is 0 Å². The van der Waals surface area contributed by atoms with Crippen molar-refractivity contribution in [3.63, 3.8) is 0 Å². The summed E-state index contributed by atoms with van der Waals surface area (Å²) in [6.45, 7) is 5.51. The molecule has 2 aromatic rings. The standard InChI is InChI=1S/C14H17BrN2O2/c1-4-17-7-6-16-14(17)10-8-11(15)13(18-3)12(9-10)19-5-2/h6-9H,4-5H2,1-3H3. The molecule has 1 heterocycles. The zero-order chi connectivity index (χ0) is 13.8. The SMILES string of the molecule is CCOc1cc(-c2nccn2CC)cc(Br)c1OC. The van der Waals surface area contributed by atoms with Gasteiger partial charge in [0.1, 0.15) is 5.82 Å². The molecule has 5 heteroatoms. The van der Waals surface area contributed by atoms with E-state index in [1.807, 2.05) is 25.3 Å². The van der Waals surface area contributed by atoms with Crippen molar-refractivity contribution in [2.75, 3.05) is 13.7 Å². The third kappa shape index (κ3) is 2.76. The Balaban J connectivity index is 2.53. The maximum absolute atomic E-state index is 5.63. The van der Waals surface area contributed by atoms with Gasteiger partial charge < -0.3 is 14.0 Å². The number of rotatable bonds is 5. The van der Waals surface area contributed by atoms with Crippen LogP contribution in [0.1, 0.15) is 13.8 Å². The average Bonchev–Trinajstić information content (AvgIpc) is 2.87. The van der Waals surface area contributed by atoms with Crippen molar-refractivity contribution in [1.29, 1.82) is 0 Å². The molecule has 102 valence electrons. The maximum Gasteiger partial charge on any atom is 0.174 e. The molecule has 0 aliphatic carbocycles. The van der Waals surface area contributed by atoms with Gasteiger partial charge >= 0.3 is 0 Å². The van der Waals surface area contributed by atoms with Crippen molar-refractivity contribution in [2.24, 2.45) is 0 Å². The molecule has 0 radical (unpaired) electrons. The Morgan fingerprint density at radius 2 is 2.11 bits per heavy atom. The molecule has 0 unspecified atom stereocenters. The molecule has 0 aliphatic heterocycles. The second-order valence-corrected chi connectivity index (χ2v) is 4.81. The number of hydrogen-bond acceptors (Lipinski definition) is 3. The van der Waals surface area contributed by atoms with Gasteiger partial charge in [-0.25, -0.2) is 4.98 Å². The molecule has 0 fully saturated rings. The van der Waals surface area contributed by atoms with E-state index >= 15 is 0 Å². The molecule has 0 spiro atoms. The molecule has 0 amide bonds. The first-order chi connectivity index (χ1) is 9.21. The van der Waals surface area contributed by atoms with E-state index in [1.165, 1.54) is 0 Å². The average molecular weight is 325 g/mol. The van der Waals surface area contributed by atoms with Crippen molar-refractivity contribution in [2.45, 2.75) is 20.4 Å². The summed E-state index contributed by atoms with van der Waals surface area (Å²) in [6, 6.07) is 3.96. The molecule has 1 aromatic heterocycles. The normalized spacial score (nSPS) is 10.5. The lowest BCUT2D eigenvalue weighted by Crippen LogP contribution is -1.99. The Kier molecular flexibility index (Phi) is 4.47. The molecule has 0 aliphatic rings. The van der Waals surface area contributed by atoms with Gasteiger partial charge in [-0.05, 0) is 41.9 Å². The Morgan fingerprint density at radius 3 is 2.74 bits per heavy atom. The highest BCUT2D eigenvalue weighted by atomic mass is 79.9. The number of benzene rings is 1. The highest BCUT2D eigenvalue weighted by molar-refractivity contribution is 9.10. The van der Waals surface area contributed by atoms with Crippen molar-refractivity contribution in [3.05, 3.63) is 29.0 Å². The number of ether oxygens (including phenoxy) is 2. The number of aryl methyl sites for hydroxylation is 1. The summed E-state index contributed by atoms with van der Waals surface area (Å²) in [5.74, 6) is 2.35. The van der Waals surface area contributed by atoms with Crippen LogP contribution in [0.5, 0.6) is 11.5 Å². The molecular formula is C14H17BrN2O2. The molecular weight excluding hydrogens is 308 g/mol. The van der Waals surface area contributed by atoms with Crippen LogP contribution in [0.3, 0.4) is 0 Å². The molecule has 4 nitrogen and oxygen atoms in total. The lowest BCUT2D eigenvalue weighted by molar-refractivity contribution is 0.310. The maximum atomic E-state index is 5.63. The minimum atomic E-state index is 0.592. The van der Waals surface area contributed by atoms with Gasteiger partial charge in [0.05, 0.1) is 18.2 Å². The first kappa shape index (κ1) is 13.9. The summed E-state index contributed by atoms with van der Waals surface area (Å²) < 4.78 is 13.9. The number of imidazole rings is 1. The number of aromatic nitrogens is 2. The predicted octanol–water partition coefficient (Wildman–Crippen LogP) is 3.74. The van der Waals surface area contributed by atoms with E-state index in [1.54, 1.807) is 13.3 Å². The zero-order valence-corrected chi connectivity index (χ0v) is 12.9. The second kappa shape index (κ2) is 6.10.